The summed E-state index contributed by atoms with van der Waals surface area (Å²) in [6, 6.07) is 0.248. The molecule has 2 rings (SSSR count). The third kappa shape index (κ3) is 2.71. The lowest BCUT2D eigenvalue weighted by Gasteiger charge is -2.34. The average Bonchev–Trinajstić information content (AvgIpc) is 2.78. The highest BCUT2D eigenvalue weighted by molar-refractivity contribution is 4.98. The van der Waals surface area contributed by atoms with E-state index in [1.54, 1.807) is 0 Å². The molecule has 1 aliphatic rings. The molecule has 3 nitrogen and oxygen atoms in total. The third-order valence-corrected chi connectivity index (χ3v) is 4.05. The Morgan fingerprint density at radius 1 is 1.41 bits per heavy atom. The number of aryl methyl sites for hydroxylation is 1. The summed E-state index contributed by atoms with van der Waals surface area (Å²) in [4.78, 5) is 4.42. The Balaban J connectivity index is 2.15. The fraction of sp³-hybridized carbons (Fsp3) is 0.786. The second-order valence-corrected chi connectivity index (χ2v) is 5.22. The lowest BCUT2D eigenvalue weighted by molar-refractivity contribution is 0.0520. The Morgan fingerprint density at radius 3 is 2.94 bits per heavy atom. The summed E-state index contributed by atoms with van der Waals surface area (Å²) in [5, 5.41) is 10.2. The van der Waals surface area contributed by atoms with Crippen molar-refractivity contribution in [2.75, 3.05) is 0 Å². The van der Waals surface area contributed by atoms with Crippen LogP contribution in [0.4, 0.5) is 0 Å². The Bertz CT molecular complexity index is 348. The van der Waals surface area contributed by atoms with Crippen LogP contribution in [-0.2, 0) is 6.42 Å². The number of hydrogen-bond donors (Lipinski definition) is 1. The van der Waals surface area contributed by atoms with Gasteiger partial charge in [-0.2, -0.15) is 0 Å². The molecule has 1 N–H and O–H groups in total. The molecular weight excluding hydrogens is 212 g/mol. The van der Waals surface area contributed by atoms with Gasteiger partial charge < -0.3 is 9.67 Å². The van der Waals surface area contributed by atoms with Gasteiger partial charge in [0, 0.05) is 18.8 Å². The first-order valence-corrected chi connectivity index (χ1v) is 6.96. The molecule has 1 fully saturated rings. The van der Waals surface area contributed by atoms with Gasteiger partial charge in [-0.25, -0.2) is 4.98 Å². The van der Waals surface area contributed by atoms with E-state index < -0.39 is 0 Å². The largest absolute Gasteiger partial charge is 0.391 e. The van der Waals surface area contributed by atoms with Crippen LogP contribution in [0.5, 0.6) is 0 Å². The van der Waals surface area contributed by atoms with E-state index in [0.717, 1.165) is 37.4 Å². The van der Waals surface area contributed by atoms with E-state index >= 15 is 0 Å². The topological polar surface area (TPSA) is 38.0 Å². The molecule has 1 heterocycles. The highest BCUT2D eigenvalue weighted by atomic mass is 16.3. The summed E-state index contributed by atoms with van der Waals surface area (Å²) in [6.07, 6.45) is 10.3. The van der Waals surface area contributed by atoms with Gasteiger partial charge >= 0.3 is 0 Å². The molecule has 17 heavy (non-hydrogen) atoms. The lowest BCUT2D eigenvalue weighted by atomic mass is 9.82. The first-order chi connectivity index (χ1) is 8.26. The van der Waals surface area contributed by atoms with Gasteiger partial charge in [0.15, 0.2) is 0 Å². The van der Waals surface area contributed by atoms with E-state index in [1.165, 1.54) is 12.8 Å². The van der Waals surface area contributed by atoms with Crippen LogP contribution >= 0.6 is 0 Å². The number of hydrogen-bond acceptors (Lipinski definition) is 2. The molecule has 0 aliphatic heterocycles. The van der Waals surface area contributed by atoms with Gasteiger partial charge in [0.25, 0.3) is 0 Å². The van der Waals surface area contributed by atoms with E-state index in [-0.39, 0.29) is 12.1 Å². The van der Waals surface area contributed by atoms with Crippen molar-refractivity contribution in [2.45, 2.75) is 64.5 Å². The van der Waals surface area contributed by atoms with Crippen molar-refractivity contribution in [3.63, 3.8) is 0 Å². The van der Waals surface area contributed by atoms with Crippen LogP contribution in [0.3, 0.4) is 0 Å². The molecule has 1 saturated carbocycles. The molecule has 0 bridgehead atoms. The molecule has 1 aromatic rings. The van der Waals surface area contributed by atoms with Gasteiger partial charge in [0.2, 0.25) is 0 Å². The standard InChI is InChI=1S/C14H24N2O/c1-3-5-14-15-8-9-16(14)12-10-11(4-2)6-7-13(12)17/h8-9,11-13,17H,3-7,10H2,1-2H3. The maximum Gasteiger partial charge on any atom is 0.108 e. The fourth-order valence-corrected chi connectivity index (χ4v) is 2.95. The molecule has 0 amide bonds. The predicted molar refractivity (Wildman–Crippen MR) is 68.9 cm³/mol. The summed E-state index contributed by atoms with van der Waals surface area (Å²) < 4.78 is 2.22. The molecule has 1 aliphatic carbocycles. The zero-order valence-electron chi connectivity index (χ0n) is 11.0. The van der Waals surface area contributed by atoms with Crippen molar-refractivity contribution < 1.29 is 5.11 Å². The summed E-state index contributed by atoms with van der Waals surface area (Å²) >= 11 is 0. The van der Waals surface area contributed by atoms with E-state index in [1.807, 2.05) is 12.4 Å². The van der Waals surface area contributed by atoms with E-state index in [4.69, 9.17) is 0 Å². The molecule has 0 aromatic carbocycles. The second-order valence-electron chi connectivity index (χ2n) is 5.22. The van der Waals surface area contributed by atoms with Gasteiger partial charge in [-0.05, 0) is 31.6 Å². The van der Waals surface area contributed by atoms with E-state index in [0.29, 0.717) is 0 Å². The van der Waals surface area contributed by atoms with Gasteiger partial charge in [0.1, 0.15) is 5.82 Å². The van der Waals surface area contributed by atoms with Crippen molar-refractivity contribution in [3.05, 3.63) is 18.2 Å². The normalized spacial score (nSPS) is 29.5. The van der Waals surface area contributed by atoms with Crippen LogP contribution < -0.4 is 0 Å². The van der Waals surface area contributed by atoms with Gasteiger partial charge in [-0.1, -0.05) is 20.3 Å². The van der Waals surface area contributed by atoms with Crippen molar-refractivity contribution in [1.82, 2.24) is 9.55 Å². The van der Waals surface area contributed by atoms with E-state index in [2.05, 4.69) is 23.4 Å². The highest BCUT2D eigenvalue weighted by Gasteiger charge is 2.30. The Morgan fingerprint density at radius 2 is 2.24 bits per heavy atom. The SMILES string of the molecule is CCCc1nccn1C1CC(CC)CCC1O. The van der Waals surface area contributed by atoms with Crippen LogP contribution in [0, 0.1) is 5.92 Å². The Kier molecular flexibility index (Phi) is 4.21. The van der Waals surface area contributed by atoms with Crippen molar-refractivity contribution >= 4 is 0 Å². The number of aliphatic hydroxyl groups is 1. The van der Waals surface area contributed by atoms with Crippen molar-refractivity contribution in [1.29, 1.82) is 0 Å². The van der Waals surface area contributed by atoms with Gasteiger partial charge in [-0.3, -0.25) is 0 Å². The molecule has 0 saturated heterocycles. The first kappa shape index (κ1) is 12.6. The van der Waals surface area contributed by atoms with Crippen LogP contribution in [0.25, 0.3) is 0 Å². The smallest absolute Gasteiger partial charge is 0.108 e. The van der Waals surface area contributed by atoms with Crippen LogP contribution in [0.2, 0.25) is 0 Å². The minimum atomic E-state index is -0.192. The van der Waals surface area contributed by atoms with Crippen LogP contribution in [0.15, 0.2) is 12.4 Å². The quantitative estimate of drug-likeness (QED) is 0.872. The van der Waals surface area contributed by atoms with Crippen molar-refractivity contribution in [2.24, 2.45) is 5.92 Å². The first-order valence-electron chi connectivity index (χ1n) is 6.96. The highest BCUT2D eigenvalue weighted by Crippen LogP contribution is 2.35. The Hall–Kier alpha value is -0.830. The fourth-order valence-electron chi connectivity index (χ4n) is 2.95. The van der Waals surface area contributed by atoms with Gasteiger partial charge in [0.05, 0.1) is 12.1 Å². The summed E-state index contributed by atoms with van der Waals surface area (Å²) in [5.74, 6) is 1.90. The zero-order valence-corrected chi connectivity index (χ0v) is 11.0. The summed E-state index contributed by atoms with van der Waals surface area (Å²) in [6.45, 7) is 4.42. The van der Waals surface area contributed by atoms with E-state index in [9.17, 15) is 5.11 Å². The molecule has 0 spiro atoms. The molecule has 96 valence electrons. The number of aliphatic hydroxyl groups excluding tert-OH is 1. The minimum absolute atomic E-state index is 0.192. The minimum Gasteiger partial charge on any atom is -0.391 e. The molecule has 1 aromatic heterocycles. The molecule has 3 unspecified atom stereocenters. The number of aromatic nitrogens is 2. The van der Waals surface area contributed by atoms with Crippen LogP contribution in [0.1, 0.15) is 57.8 Å². The summed E-state index contributed by atoms with van der Waals surface area (Å²) in [5.41, 5.74) is 0. The average molecular weight is 236 g/mol. The number of nitrogens with zero attached hydrogens (tertiary/aromatic N) is 2. The zero-order chi connectivity index (χ0) is 12.3. The Labute approximate surface area is 104 Å². The molecule has 3 atom stereocenters. The molecule has 3 heteroatoms. The predicted octanol–water partition coefficient (Wildman–Crippen LogP) is 2.95. The molecule has 0 radical (unpaired) electrons. The second kappa shape index (κ2) is 5.67. The summed E-state index contributed by atoms with van der Waals surface area (Å²) in [7, 11) is 0. The van der Waals surface area contributed by atoms with Gasteiger partial charge in [-0.15, -0.1) is 0 Å². The number of imidazole rings is 1. The third-order valence-electron chi connectivity index (χ3n) is 4.05. The number of rotatable bonds is 4. The monoisotopic (exact) mass is 236 g/mol. The van der Waals surface area contributed by atoms with Crippen molar-refractivity contribution in [3.8, 4) is 0 Å². The molecular formula is C14H24N2O. The maximum atomic E-state index is 10.2. The lowest BCUT2D eigenvalue weighted by Crippen LogP contribution is -2.32. The van der Waals surface area contributed by atoms with Crippen LogP contribution in [-0.4, -0.2) is 20.8 Å². The maximum absolute atomic E-state index is 10.2.